The first-order valence-electron chi connectivity index (χ1n) is 8.55. The van der Waals surface area contributed by atoms with Gasteiger partial charge in [-0.3, -0.25) is 9.48 Å². The molecule has 0 aliphatic rings. The molecule has 0 spiro atoms. The first kappa shape index (κ1) is 23.2. The highest BCUT2D eigenvalue weighted by molar-refractivity contribution is 5.85. The van der Waals surface area contributed by atoms with Crippen LogP contribution in [0, 0.1) is 23.1 Å². The fraction of sp³-hybridized carbons (Fsp3) is 0.500. The number of aromatic hydroxyl groups is 1. The van der Waals surface area contributed by atoms with E-state index in [0.29, 0.717) is 6.08 Å². The summed E-state index contributed by atoms with van der Waals surface area (Å²) in [5.74, 6) is -4.06. The lowest BCUT2D eigenvalue weighted by molar-refractivity contribution is -0.129. The highest BCUT2D eigenvalue weighted by atomic mass is 19.4. The largest absolute Gasteiger partial charge is 0.490 e. The van der Waals surface area contributed by atoms with Crippen molar-refractivity contribution in [3.05, 3.63) is 35.4 Å². The third-order valence-electron chi connectivity index (χ3n) is 4.48. The van der Waals surface area contributed by atoms with Gasteiger partial charge in [-0.05, 0) is 32.8 Å². The lowest BCUT2D eigenvalue weighted by Crippen LogP contribution is -2.46. The first-order valence-corrected chi connectivity index (χ1v) is 8.55. The van der Waals surface area contributed by atoms with E-state index in [0.717, 1.165) is 10.9 Å². The van der Waals surface area contributed by atoms with Gasteiger partial charge in [0.05, 0.1) is 23.8 Å². The number of carbonyl (C=O) groups is 1. The van der Waals surface area contributed by atoms with Crippen LogP contribution in [0.5, 0.6) is 5.88 Å². The molecule has 0 aliphatic heterocycles. The van der Waals surface area contributed by atoms with Crippen LogP contribution in [0.1, 0.15) is 40.5 Å². The molecule has 0 aromatic carbocycles. The van der Waals surface area contributed by atoms with Crippen molar-refractivity contribution in [1.29, 1.82) is 5.26 Å². The second-order valence-corrected chi connectivity index (χ2v) is 6.26. The van der Waals surface area contributed by atoms with E-state index < -0.39 is 40.8 Å². The normalized spacial score (nSPS) is 16.2. The number of carbonyl (C=O) groups excluding carboxylic acids is 1. The third-order valence-corrected chi connectivity index (χ3v) is 4.48. The highest BCUT2D eigenvalue weighted by Gasteiger charge is 2.39. The third kappa shape index (κ3) is 4.91. The number of hydrogen-bond donors (Lipinski definition) is 2. The molecule has 154 valence electrons. The van der Waals surface area contributed by atoms with Crippen molar-refractivity contribution in [2.75, 3.05) is 0 Å². The van der Waals surface area contributed by atoms with Gasteiger partial charge in [0, 0.05) is 5.70 Å². The van der Waals surface area contributed by atoms with Crippen LogP contribution < -0.4 is 5.32 Å². The molecule has 1 rings (SSSR count). The molecule has 10 heteroatoms. The van der Waals surface area contributed by atoms with Crippen molar-refractivity contribution in [2.24, 2.45) is 5.92 Å². The van der Waals surface area contributed by atoms with Crippen LogP contribution in [0.15, 0.2) is 29.6 Å². The van der Waals surface area contributed by atoms with Crippen LogP contribution in [-0.2, 0) is 10.3 Å². The van der Waals surface area contributed by atoms with Crippen LogP contribution in [0.4, 0.5) is 17.6 Å². The Morgan fingerprint density at radius 1 is 1.46 bits per heavy atom. The molecule has 1 heterocycles. The minimum atomic E-state index is -4.75. The molecule has 0 saturated heterocycles. The predicted octanol–water partition coefficient (Wildman–Crippen LogP) is 3.91. The summed E-state index contributed by atoms with van der Waals surface area (Å²) in [6, 6.07) is 1.61. The molecule has 2 atom stereocenters. The summed E-state index contributed by atoms with van der Waals surface area (Å²) < 4.78 is 54.4. The maximum atomic E-state index is 13.4. The van der Waals surface area contributed by atoms with Crippen LogP contribution in [0.3, 0.4) is 0 Å². The van der Waals surface area contributed by atoms with Gasteiger partial charge in [-0.2, -0.15) is 22.8 Å². The Morgan fingerprint density at radius 3 is 2.43 bits per heavy atom. The Hall–Kier alpha value is -2.83. The zero-order chi connectivity index (χ0) is 21.7. The molecule has 6 nitrogen and oxygen atoms in total. The zero-order valence-electron chi connectivity index (χ0n) is 15.9. The van der Waals surface area contributed by atoms with Gasteiger partial charge in [-0.25, -0.2) is 0 Å². The molecule has 1 aromatic heterocycles. The van der Waals surface area contributed by atoms with Crippen molar-refractivity contribution in [1.82, 2.24) is 15.1 Å². The first-order chi connectivity index (χ1) is 12.9. The minimum Gasteiger partial charge on any atom is -0.490 e. The number of nitrogens with one attached hydrogen (secondary N) is 1. The Labute approximate surface area is 160 Å². The number of aromatic nitrogens is 2. The number of alkyl halides is 3. The van der Waals surface area contributed by atoms with Gasteiger partial charge >= 0.3 is 6.18 Å². The Kier molecular flexibility index (Phi) is 7.38. The lowest BCUT2D eigenvalue weighted by atomic mass is 9.95. The topological polar surface area (TPSA) is 90.9 Å². The zero-order valence-corrected chi connectivity index (χ0v) is 15.9. The Balaban J connectivity index is 3.27. The number of hydrogen-bond acceptors (Lipinski definition) is 4. The molecular formula is C18H22F4N4O2. The van der Waals surface area contributed by atoms with Gasteiger partial charge in [-0.15, -0.1) is 5.10 Å². The summed E-state index contributed by atoms with van der Waals surface area (Å²) in [6.07, 6.45) is -1.89. The number of amides is 1. The summed E-state index contributed by atoms with van der Waals surface area (Å²) >= 11 is 0. The lowest BCUT2D eigenvalue weighted by Gasteiger charge is -2.27. The van der Waals surface area contributed by atoms with E-state index in [1.54, 1.807) is 13.0 Å². The fourth-order valence-corrected chi connectivity index (χ4v) is 2.41. The predicted molar refractivity (Wildman–Crippen MR) is 93.2 cm³/mol. The number of rotatable bonds is 7. The minimum absolute atomic E-state index is 0.0503. The van der Waals surface area contributed by atoms with Crippen molar-refractivity contribution in [3.8, 4) is 11.9 Å². The van der Waals surface area contributed by atoms with Gasteiger partial charge in [0.2, 0.25) is 5.82 Å². The molecule has 0 aliphatic carbocycles. The molecule has 1 aromatic rings. The van der Waals surface area contributed by atoms with Crippen molar-refractivity contribution < 1.29 is 27.5 Å². The number of allylic oxidation sites excluding steroid dienone is 3. The van der Waals surface area contributed by atoms with Crippen LogP contribution in [0.2, 0.25) is 0 Å². The van der Waals surface area contributed by atoms with Crippen LogP contribution in [-0.4, -0.2) is 27.0 Å². The van der Waals surface area contributed by atoms with Gasteiger partial charge in [0.1, 0.15) is 5.54 Å². The second-order valence-electron chi connectivity index (χ2n) is 6.26. The number of nitrogens with zero attached hydrogens (tertiary/aromatic N) is 3. The maximum Gasteiger partial charge on any atom is 0.414 e. The standard InChI is InChI=1S/C18H22F4N4O2/c1-5-11(9-23)13(18(20,21)22)8-12(6-2)24-16(28)17(4,7-3)26-10-14(19)15(27)25-26/h6,8,10-11H,5,7H2,1-4H3,(H,24,28)(H,25,27)/b12-6+,13-8+. The fourth-order valence-electron chi connectivity index (χ4n) is 2.41. The molecule has 2 N–H and O–H groups in total. The average Bonchev–Trinajstić information content (AvgIpc) is 2.98. The second kappa shape index (κ2) is 8.91. The van der Waals surface area contributed by atoms with Crippen molar-refractivity contribution in [2.45, 2.75) is 52.3 Å². The summed E-state index contributed by atoms with van der Waals surface area (Å²) in [7, 11) is 0. The van der Waals surface area contributed by atoms with E-state index >= 15 is 0 Å². The maximum absolute atomic E-state index is 13.4. The molecule has 0 saturated carbocycles. The van der Waals surface area contributed by atoms with Crippen LogP contribution in [0.25, 0.3) is 0 Å². The molecule has 1 amide bonds. The quantitative estimate of drug-likeness (QED) is 0.534. The summed E-state index contributed by atoms with van der Waals surface area (Å²) in [5, 5.41) is 24.2. The molecule has 0 radical (unpaired) electrons. The van der Waals surface area contributed by atoms with Gasteiger partial charge in [-0.1, -0.05) is 19.9 Å². The average molecular weight is 402 g/mol. The van der Waals surface area contributed by atoms with E-state index in [1.807, 2.05) is 0 Å². The molecular weight excluding hydrogens is 380 g/mol. The van der Waals surface area contributed by atoms with E-state index in [9.17, 15) is 27.5 Å². The van der Waals surface area contributed by atoms with E-state index in [1.165, 1.54) is 26.8 Å². The molecule has 2 unspecified atom stereocenters. The molecule has 0 bridgehead atoms. The SMILES string of the molecule is C/C=C(\C=C(/C(C#N)CC)C(F)(F)F)NC(=O)C(C)(CC)n1cc(F)c(O)n1. The van der Waals surface area contributed by atoms with Gasteiger partial charge < -0.3 is 10.4 Å². The van der Waals surface area contributed by atoms with Gasteiger partial charge in [0.15, 0.2) is 0 Å². The number of nitriles is 1. The van der Waals surface area contributed by atoms with Crippen LogP contribution >= 0.6 is 0 Å². The van der Waals surface area contributed by atoms with E-state index in [-0.39, 0.29) is 18.5 Å². The highest BCUT2D eigenvalue weighted by Crippen LogP contribution is 2.34. The monoisotopic (exact) mass is 402 g/mol. The summed E-state index contributed by atoms with van der Waals surface area (Å²) in [5.41, 5.74) is -2.71. The summed E-state index contributed by atoms with van der Waals surface area (Å²) in [6.45, 7) is 5.88. The Morgan fingerprint density at radius 2 is 2.07 bits per heavy atom. The van der Waals surface area contributed by atoms with Crippen molar-refractivity contribution in [3.63, 3.8) is 0 Å². The molecule has 28 heavy (non-hydrogen) atoms. The summed E-state index contributed by atoms with van der Waals surface area (Å²) in [4.78, 5) is 12.7. The van der Waals surface area contributed by atoms with E-state index in [2.05, 4.69) is 10.4 Å². The molecule has 0 fully saturated rings. The van der Waals surface area contributed by atoms with E-state index in [4.69, 9.17) is 5.26 Å². The Bertz CT molecular complexity index is 801. The number of halogens is 4. The smallest absolute Gasteiger partial charge is 0.414 e. The van der Waals surface area contributed by atoms with Gasteiger partial charge in [0.25, 0.3) is 11.8 Å². The van der Waals surface area contributed by atoms with Crippen molar-refractivity contribution >= 4 is 5.91 Å².